The van der Waals surface area contributed by atoms with E-state index in [0.29, 0.717) is 18.5 Å². The van der Waals surface area contributed by atoms with Crippen molar-refractivity contribution in [2.24, 2.45) is 0 Å². The average Bonchev–Trinajstić information content (AvgIpc) is 2.97. The summed E-state index contributed by atoms with van der Waals surface area (Å²) in [6, 6.07) is 4.86. The number of fused-ring (bicyclic) bond motifs is 1. The molecule has 2 aliphatic heterocycles. The number of nitrogens with one attached hydrogen (secondary N) is 1. The molecule has 0 saturated carbocycles. The second-order valence-electron chi connectivity index (χ2n) is 5.50. The molecular formula is C14H19ClN2OS. The number of carbonyl (C=O) groups is 1. The van der Waals surface area contributed by atoms with Gasteiger partial charge in [0.25, 0.3) is 0 Å². The molecule has 3 heterocycles. The van der Waals surface area contributed by atoms with Gasteiger partial charge in [0.2, 0.25) is 5.91 Å². The molecule has 2 unspecified atom stereocenters. The van der Waals surface area contributed by atoms with Gasteiger partial charge < -0.3 is 10.2 Å². The van der Waals surface area contributed by atoms with Crippen molar-refractivity contribution in [1.82, 2.24) is 10.2 Å². The highest BCUT2D eigenvalue weighted by Crippen LogP contribution is 2.27. The maximum Gasteiger partial charge on any atom is 0.225 e. The molecule has 2 saturated heterocycles. The Kier molecular flexibility index (Phi) is 4.10. The third kappa shape index (κ3) is 3.30. The zero-order valence-electron chi connectivity index (χ0n) is 10.9. The minimum absolute atomic E-state index is 0.134. The van der Waals surface area contributed by atoms with Crippen LogP contribution in [0.25, 0.3) is 0 Å². The third-order valence-electron chi connectivity index (χ3n) is 4.15. The summed E-state index contributed by atoms with van der Waals surface area (Å²) in [6.45, 7) is 2.39. The van der Waals surface area contributed by atoms with Crippen LogP contribution in [0.4, 0.5) is 0 Å². The standard InChI is InChI=1S/C14H19ClN2OS/c15-13-4-3-12(19-13)9-14(18)16-10-5-7-17-6-1-2-11(17)8-10/h3-4,10-11H,1-2,5-9H2,(H,16,18). The maximum atomic E-state index is 12.0. The van der Waals surface area contributed by atoms with Crippen molar-refractivity contribution in [3.8, 4) is 0 Å². The van der Waals surface area contributed by atoms with Crippen molar-refractivity contribution >= 4 is 28.8 Å². The van der Waals surface area contributed by atoms with Gasteiger partial charge in [-0.2, -0.15) is 0 Å². The highest BCUT2D eigenvalue weighted by Gasteiger charge is 2.32. The van der Waals surface area contributed by atoms with Gasteiger partial charge in [0.05, 0.1) is 10.8 Å². The van der Waals surface area contributed by atoms with E-state index < -0.39 is 0 Å². The summed E-state index contributed by atoms with van der Waals surface area (Å²) >= 11 is 7.37. The first kappa shape index (κ1) is 13.4. The third-order valence-corrected chi connectivity index (χ3v) is 5.38. The van der Waals surface area contributed by atoms with Gasteiger partial charge in [-0.05, 0) is 44.4 Å². The minimum Gasteiger partial charge on any atom is -0.353 e. The van der Waals surface area contributed by atoms with Crippen molar-refractivity contribution in [3.63, 3.8) is 0 Å². The Bertz CT molecular complexity index is 462. The van der Waals surface area contributed by atoms with Crippen molar-refractivity contribution in [2.45, 2.75) is 44.2 Å². The normalized spacial score (nSPS) is 27.2. The number of nitrogens with zero attached hydrogens (tertiary/aromatic N) is 1. The molecule has 19 heavy (non-hydrogen) atoms. The second kappa shape index (κ2) is 5.81. The number of hydrogen-bond donors (Lipinski definition) is 1. The van der Waals surface area contributed by atoms with Crippen LogP contribution in [0.5, 0.6) is 0 Å². The summed E-state index contributed by atoms with van der Waals surface area (Å²) in [5, 5.41) is 3.19. The van der Waals surface area contributed by atoms with E-state index >= 15 is 0 Å². The summed E-state index contributed by atoms with van der Waals surface area (Å²) in [5.74, 6) is 0.134. The monoisotopic (exact) mass is 298 g/mol. The van der Waals surface area contributed by atoms with Gasteiger partial charge in [-0.1, -0.05) is 11.6 Å². The molecule has 3 rings (SSSR count). The average molecular weight is 299 g/mol. The Hall–Kier alpha value is -0.580. The van der Waals surface area contributed by atoms with Crippen LogP contribution in [0, 0.1) is 0 Å². The number of piperidine rings is 1. The molecule has 1 amide bonds. The van der Waals surface area contributed by atoms with Gasteiger partial charge in [0.1, 0.15) is 0 Å². The molecule has 1 aromatic rings. The van der Waals surface area contributed by atoms with E-state index in [1.165, 1.54) is 30.7 Å². The maximum absolute atomic E-state index is 12.0. The minimum atomic E-state index is 0.134. The molecule has 1 aromatic heterocycles. The quantitative estimate of drug-likeness (QED) is 0.930. The highest BCUT2D eigenvalue weighted by atomic mass is 35.5. The largest absolute Gasteiger partial charge is 0.353 e. The predicted octanol–water partition coefficient (Wildman–Crippen LogP) is 2.69. The van der Waals surface area contributed by atoms with Gasteiger partial charge in [0, 0.05) is 23.5 Å². The summed E-state index contributed by atoms with van der Waals surface area (Å²) < 4.78 is 0.752. The van der Waals surface area contributed by atoms with E-state index in [9.17, 15) is 4.79 Å². The number of carbonyl (C=O) groups excluding carboxylic acids is 1. The van der Waals surface area contributed by atoms with Crippen LogP contribution in [0.1, 0.15) is 30.6 Å². The van der Waals surface area contributed by atoms with Gasteiger partial charge >= 0.3 is 0 Å². The summed E-state index contributed by atoms with van der Waals surface area (Å²) in [4.78, 5) is 15.6. The second-order valence-corrected chi connectivity index (χ2v) is 7.30. The Labute approximate surface area is 122 Å². The van der Waals surface area contributed by atoms with Crippen molar-refractivity contribution in [3.05, 3.63) is 21.3 Å². The predicted molar refractivity (Wildman–Crippen MR) is 78.8 cm³/mol. The van der Waals surface area contributed by atoms with Crippen LogP contribution < -0.4 is 5.32 Å². The molecule has 104 valence electrons. The number of rotatable bonds is 3. The number of hydrogen-bond acceptors (Lipinski definition) is 3. The Morgan fingerprint density at radius 2 is 2.32 bits per heavy atom. The summed E-state index contributed by atoms with van der Waals surface area (Å²) in [5.41, 5.74) is 0. The zero-order valence-corrected chi connectivity index (χ0v) is 12.5. The van der Waals surface area contributed by atoms with E-state index in [1.807, 2.05) is 12.1 Å². The van der Waals surface area contributed by atoms with Crippen molar-refractivity contribution in [1.29, 1.82) is 0 Å². The fourth-order valence-electron chi connectivity index (χ4n) is 3.24. The fourth-order valence-corrected chi connectivity index (χ4v) is 4.33. The lowest BCUT2D eigenvalue weighted by Crippen LogP contribution is -2.47. The van der Waals surface area contributed by atoms with Crippen LogP contribution in [-0.2, 0) is 11.2 Å². The topological polar surface area (TPSA) is 32.3 Å². The molecule has 0 aromatic carbocycles. The highest BCUT2D eigenvalue weighted by molar-refractivity contribution is 7.16. The van der Waals surface area contributed by atoms with Crippen molar-refractivity contribution < 1.29 is 4.79 Å². The van der Waals surface area contributed by atoms with E-state index in [0.717, 1.165) is 28.6 Å². The molecule has 2 aliphatic rings. The lowest BCUT2D eigenvalue weighted by molar-refractivity contribution is -0.121. The number of thiophene rings is 1. The Morgan fingerprint density at radius 1 is 1.42 bits per heavy atom. The van der Waals surface area contributed by atoms with E-state index in [1.54, 1.807) is 0 Å². The number of halogens is 1. The lowest BCUT2D eigenvalue weighted by Gasteiger charge is -2.35. The Balaban J connectivity index is 1.49. The van der Waals surface area contributed by atoms with Crippen LogP contribution in [0.2, 0.25) is 4.34 Å². The molecule has 0 bridgehead atoms. The van der Waals surface area contributed by atoms with Gasteiger partial charge in [-0.25, -0.2) is 0 Å². The van der Waals surface area contributed by atoms with Crippen LogP contribution in [-0.4, -0.2) is 36.0 Å². The Morgan fingerprint density at radius 3 is 3.11 bits per heavy atom. The van der Waals surface area contributed by atoms with Crippen molar-refractivity contribution in [2.75, 3.05) is 13.1 Å². The van der Waals surface area contributed by atoms with Crippen LogP contribution >= 0.6 is 22.9 Å². The number of amides is 1. The zero-order chi connectivity index (χ0) is 13.2. The smallest absolute Gasteiger partial charge is 0.225 e. The first-order valence-corrected chi connectivity index (χ1v) is 8.18. The van der Waals surface area contributed by atoms with E-state index in [2.05, 4.69) is 10.2 Å². The summed E-state index contributed by atoms with van der Waals surface area (Å²) in [6.07, 6.45) is 5.29. The molecule has 2 atom stereocenters. The van der Waals surface area contributed by atoms with Crippen LogP contribution in [0.3, 0.4) is 0 Å². The molecule has 3 nitrogen and oxygen atoms in total. The van der Waals surface area contributed by atoms with Gasteiger partial charge in [-0.3, -0.25) is 4.79 Å². The summed E-state index contributed by atoms with van der Waals surface area (Å²) in [7, 11) is 0. The molecule has 0 radical (unpaired) electrons. The van der Waals surface area contributed by atoms with Crippen LogP contribution in [0.15, 0.2) is 12.1 Å². The van der Waals surface area contributed by atoms with Gasteiger partial charge in [0.15, 0.2) is 0 Å². The molecular weight excluding hydrogens is 280 g/mol. The molecule has 0 aliphatic carbocycles. The molecule has 0 spiro atoms. The first-order chi connectivity index (χ1) is 9.20. The fraction of sp³-hybridized carbons (Fsp3) is 0.643. The lowest BCUT2D eigenvalue weighted by atomic mass is 9.97. The van der Waals surface area contributed by atoms with E-state index in [4.69, 9.17) is 11.6 Å². The molecule has 1 N–H and O–H groups in total. The molecule has 5 heteroatoms. The molecule has 2 fully saturated rings. The van der Waals surface area contributed by atoms with Gasteiger partial charge in [-0.15, -0.1) is 11.3 Å². The first-order valence-electron chi connectivity index (χ1n) is 6.98. The van der Waals surface area contributed by atoms with E-state index in [-0.39, 0.29) is 5.91 Å². The SMILES string of the molecule is O=C(Cc1ccc(Cl)s1)NC1CCN2CCCC2C1.